The number of carbonyl (C=O) groups is 2. The number of ketones is 2. The van der Waals surface area contributed by atoms with Crippen LogP contribution in [-0.4, -0.2) is 21.5 Å². The van der Waals surface area contributed by atoms with Crippen molar-refractivity contribution in [1.29, 1.82) is 0 Å². The summed E-state index contributed by atoms with van der Waals surface area (Å²) in [6, 6.07) is 6.97. The van der Waals surface area contributed by atoms with Gasteiger partial charge in [0.05, 0.1) is 5.21 Å². The number of halogens is 1. The van der Waals surface area contributed by atoms with Crippen LogP contribution in [0.2, 0.25) is 0 Å². The molecule has 1 heterocycles. The molecular weight excluding hydrogens is 302 g/mol. The summed E-state index contributed by atoms with van der Waals surface area (Å²) in [5, 5.41) is 4.34. The molecular formula is C16H18ClN3O2. The molecule has 0 amide bonds. The lowest BCUT2D eigenvalue weighted by atomic mass is 9.90. The van der Waals surface area contributed by atoms with E-state index in [1.807, 2.05) is 0 Å². The van der Waals surface area contributed by atoms with Crippen LogP contribution in [0, 0.1) is 0 Å². The van der Waals surface area contributed by atoms with Crippen molar-refractivity contribution >= 4 is 11.6 Å². The van der Waals surface area contributed by atoms with Gasteiger partial charge in [0.15, 0.2) is 0 Å². The Labute approximate surface area is 135 Å². The molecule has 0 saturated heterocycles. The van der Waals surface area contributed by atoms with Gasteiger partial charge in [0.25, 0.3) is 0 Å². The summed E-state index contributed by atoms with van der Waals surface area (Å²) in [4.78, 5) is 25.3. The minimum Gasteiger partial charge on any atom is -1.00 e. The van der Waals surface area contributed by atoms with Crippen molar-refractivity contribution in [1.82, 2.24) is 9.90 Å². The molecule has 0 saturated carbocycles. The number of aromatic nitrogens is 3. The monoisotopic (exact) mass is 319 g/mol. The zero-order chi connectivity index (χ0) is 15.0. The fourth-order valence-corrected chi connectivity index (χ4v) is 2.81. The normalized spacial score (nSPS) is 12.6. The Morgan fingerprint density at radius 3 is 2.36 bits per heavy atom. The fourth-order valence-electron chi connectivity index (χ4n) is 2.81. The van der Waals surface area contributed by atoms with E-state index < -0.39 is 0 Å². The van der Waals surface area contributed by atoms with Crippen molar-refractivity contribution in [3.05, 3.63) is 46.8 Å². The zero-order valence-corrected chi connectivity index (χ0v) is 13.4. The number of aryl methyl sites for hydroxylation is 2. The van der Waals surface area contributed by atoms with Gasteiger partial charge >= 0.3 is 0 Å². The average molecular weight is 320 g/mol. The van der Waals surface area contributed by atoms with Crippen LogP contribution in [0.1, 0.15) is 58.3 Å². The minimum atomic E-state index is -0.121. The molecule has 0 N–H and O–H groups in total. The number of hydrogen-bond donors (Lipinski definition) is 0. The summed E-state index contributed by atoms with van der Waals surface area (Å²) in [6.45, 7) is 2.79. The smallest absolute Gasteiger partial charge is 0.249 e. The van der Waals surface area contributed by atoms with Gasteiger partial charge in [0, 0.05) is 11.1 Å². The number of rotatable bonds is 4. The summed E-state index contributed by atoms with van der Waals surface area (Å²) in [5.74, 6) is -0.228. The Morgan fingerprint density at radius 2 is 1.73 bits per heavy atom. The SMILES string of the molecule is CCCCCn1n[n+](C)c2c1C(=O)c1ccccc1C2=O.[Cl-]. The average Bonchev–Trinajstić information content (AvgIpc) is 2.82. The van der Waals surface area contributed by atoms with Crippen LogP contribution in [0.25, 0.3) is 0 Å². The van der Waals surface area contributed by atoms with Crippen molar-refractivity contribution in [2.24, 2.45) is 7.05 Å². The van der Waals surface area contributed by atoms with Crippen LogP contribution in [0.4, 0.5) is 0 Å². The van der Waals surface area contributed by atoms with Gasteiger partial charge in [-0.05, 0) is 12.8 Å². The molecule has 3 rings (SSSR count). The molecule has 2 aromatic rings. The molecule has 5 nitrogen and oxygen atoms in total. The van der Waals surface area contributed by atoms with Gasteiger partial charge in [-0.1, -0.05) is 37.6 Å². The van der Waals surface area contributed by atoms with Gasteiger partial charge in [0.2, 0.25) is 23.0 Å². The molecule has 6 heteroatoms. The number of unbranched alkanes of at least 4 members (excludes halogenated alkanes) is 2. The molecule has 0 fully saturated rings. The second kappa shape index (κ2) is 6.40. The van der Waals surface area contributed by atoms with Crippen LogP contribution < -0.4 is 17.1 Å². The topological polar surface area (TPSA) is 55.8 Å². The second-order valence-corrected chi connectivity index (χ2v) is 5.34. The van der Waals surface area contributed by atoms with Gasteiger partial charge in [0.1, 0.15) is 13.6 Å². The molecule has 1 aliphatic carbocycles. The first-order chi connectivity index (χ1) is 10.1. The van der Waals surface area contributed by atoms with E-state index >= 15 is 0 Å². The first kappa shape index (κ1) is 16.4. The number of carbonyl (C=O) groups excluding carboxylic acids is 2. The van der Waals surface area contributed by atoms with E-state index in [-0.39, 0.29) is 24.0 Å². The highest BCUT2D eigenvalue weighted by molar-refractivity contribution is 6.26. The van der Waals surface area contributed by atoms with Crippen LogP contribution in [-0.2, 0) is 13.6 Å². The lowest BCUT2D eigenvalue weighted by molar-refractivity contribution is -0.733. The molecule has 0 atom stereocenters. The summed E-state index contributed by atoms with van der Waals surface area (Å²) in [5.41, 5.74) is 1.78. The molecule has 1 aliphatic rings. The summed E-state index contributed by atoms with van der Waals surface area (Å²) >= 11 is 0. The van der Waals surface area contributed by atoms with E-state index in [4.69, 9.17) is 0 Å². The quantitative estimate of drug-likeness (QED) is 0.443. The summed E-state index contributed by atoms with van der Waals surface area (Å²) in [6.07, 6.45) is 3.14. The van der Waals surface area contributed by atoms with Gasteiger partial charge in [-0.3, -0.25) is 9.59 Å². The van der Waals surface area contributed by atoms with Crippen LogP contribution in [0.3, 0.4) is 0 Å². The molecule has 1 aromatic carbocycles. The van der Waals surface area contributed by atoms with E-state index in [1.165, 1.54) is 4.68 Å². The fraction of sp³-hybridized carbons (Fsp3) is 0.375. The number of hydrogen-bond acceptors (Lipinski definition) is 3. The van der Waals surface area contributed by atoms with Crippen molar-refractivity contribution in [2.75, 3.05) is 0 Å². The van der Waals surface area contributed by atoms with E-state index in [0.29, 0.717) is 29.1 Å². The molecule has 22 heavy (non-hydrogen) atoms. The Morgan fingerprint density at radius 1 is 1.09 bits per heavy atom. The third-order valence-corrected chi connectivity index (χ3v) is 3.87. The first-order valence-corrected chi connectivity index (χ1v) is 7.30. The van der Waals surface area contributed by atoms with Gasteiger partial charge in [-0.2, -0.15) is 0 Å². The largest absolute Gasteiger partial charge is 1.00 e. The number of benzene rings is 1. The highest BCUT2D eigenvalue weighted by atomic mass is 35.5. The highest BCUT2D eigenvalue weighted by Crippen LogP contribution is 2.25. The van der Waals surface area contributed by atoms with Crippen molar-refractivity contribution in [2.45, 2.75) is 32.7 Å². The Balaban J connectivity index is 0.00000176. The molecule has 0 bridgehead atoms. The number of nitrogens with zero attached hydrogens (tertiary/aromatic N) is 3. The third kappa shape index (κ3) is 2.46. The van der Waals surface area contributed by atoms with Crippen LogP contribution in [0.5, 0.6) is 0 Å². The maximum Gasteiger partial charge on any atom is 0.249 e. The van der Waals surface area contributed by atoms with E-state index in [2.05, 4.69) is 12.1 Å². The lowest BCUT2D eigenvalue weighted by Gasteiger charge is -2.10. The molecule has 116 valence electrons. The van der Waals surface area contributed by atoms with Crippen molar-refractivity contribution in [3.8, 4) is 0 Å². The van der Waals surface area contributed by atoms with Gasteiger partial charge in [-0.15, -0.1) is 9.36 Å². The van der Waals surface area contributed by atoms with Crippen molar-refractivity contribution in [3.63, 3.8) is 0 Å². The van der Waals surface area contributed by atoms with Gasteiger partial charge < -0.3 is 12.4 Å². The van der Waals surface area contributed by atoms with E-state index in [9.17, 15) is 9.59 Å². The predicted octanol–water partition coefficient (Wildman–Crippen LogP) is -1.32. The molecule has 0 aliphatic heterocycles. The minimum absolute atomic E-state index is 0. The maximum absolute atomic E-state index is 12.7. The Bertz CT molecular complexity index is 737. The molecule has 0 spiro atoms. The molecule has 1 aromatic heterocycles. The molecule has 0 radical (unpaired) electrons. The lowest BCUT2D eigenvalue weighted by Crippen LogP contribution is -3.00. The van der Waals surface area contributed by atoms with E-state index in [0.717, 1.165) is 19.3 Å². The summed E-state index contributed by atoms with van der Waals surface area (Å²) < 4.78 is 3.21. The predicted molar refractivity (Wildman–Crippen MR) is 76.2 cm³/mol. The third-order valence-electron chi connectivity index (χ3n) is 3.87. The van der Waals surface area contributed by atoms with Crippen molar-refractivity contribution < 1.29 is 26.7 Å². The second-order valence-electron chi connectivity index (χ2n) is 5.34. The maximum atomic E-state index is 12.7. The zero-order valence-electron chi connectivity index (χ0n) is 12.7. The standard InChI is InChI=1S/C16H18N3O2.ClH/c1-3-4-7-10-19-14-13(18(2)17-19)15(20)11-8-5-6-9-12(11)16(14)21;/h5-6,8-9H,3-4,7,10H2,1-2H3;1H/q+1;/p-1. The van der Waals surface area contributed by atoms with Gasteiger partial charge in [-0.25, -0.2) is 0 Å². The number of fused-ring (bicyclic) bond motifs is 2. The molecule has 0 unspecified atom stereocenters. The Kier molecular flexibility index (Phi) is 4.76. The van der Waals surface area contributed by atoms with Crippen LogP contribution in [0.15, 0.2) is 24.3 Å². The first-order valence-electron chi connectivity index (χ1n) is 7.30. The Hall–Kier alpha value is -2.01. The van der Waals surface area contributed by atoms with E-state index in [1.54, 1.807) is 36.0 Å². The summed E-state index contributed by atoms with van der Waals surface area (Å²) in [7, 11) is 1.72. The van der Waals surface area contributed by atoms with Crippen LogP contribution >= 0.6 is 0 Å². The highest BCUT2D eigenvalue weighted by Gasteiger charge is 2.41.